The van der Waals surface area contributed by atoms with Crippen molar-refractivity contribution in [1.82, 2.24) is 25.4 Å². The molecule has 9 heteroatoms. The summed E-state index contributed by atoms with van der Waals surface area (Å²) in [6, 6.07) is 17.5. The molecule has 1 N–H and O–H groups in total. The Hall–Kier alpha value is -3.85. The lowest BCUT2D eigenvalue weighted by Gasteiger charge is -2.05. The van der Waals surface area contributed by atoms with Gasteiger partial charge in [-0.25, -0.2) is 0 Å². The molecule has 0 fully saturated rings. The van der Waals surface area contributed by atoms with Crippen molar-refractivity contribution in [2.45, 2.75) is 51.4 Å². The van der Waals surface area contributed by atoms with Crippen LogP contribution in [0, 0.1) is 0 Å². The number of hydrogen-bond acceptors (Lipinski definition) is 8. The molecule has 0 unspecified atom stereocenters. The number of amides is 1. The van der Waals surface area contributed by atoms with E-state index in [2.05, 4.69) is 42.8 Å². The predicted octanol–water partition coefficient (Wildman–Crippen LogP) is 4.68. The van der Waals surface area contributed by atoms with Crippen molar-refractivity contribution in [3.05, 3.63) is 93.8 Å². The number of carbonyl (C=O) groups is 2. The first-order valence-corrected chi connectivity index (χ1v) is 12.9. The molecule has 0 spiro atoms. The lowest BCUT2D eigenvalue weighted by atomic mass is 10.1. The van der Waals surface area contributed by atoms with Gasteiger partial charge >= 0.3 is 0 Å². The van der Waals surface area contributed by atoms with Crippen LogP contribution in [0.1, 0.15) is 57.3 Å². The van der Waals surface area contributed by atoms with Crippen molar-refractivity contribution < 1.29 is 9.59 Å². The van der Waals surface area contributed by atoms with Crippen molar-refractivity contribution in [2.75, 3.05) is 5.32 Å². The third-order valence-electron chi connectivity index (χ3n) is 5.57. The van der Waals surface area contributed by atoms with Crippen LogP contribution in [0.15, 0.2) is 67.0 Å². The molecule has 1 amide bonds. The molecule has 0 aliphatic rings. The number of aromatic nitrogens is 5. The van der Waals surface area contributed by atoms with Crippen LogP contribution in [0.2, 0.25) is 0 Å². The lowest BCUT2D eigenvalue weighted by Crippen LogP contribution is -2.16. The molecule has 3 aromatic heterocycles. The number of nitrogens with zero attached hydrogens (tertiary/aromatic N) is 5. The molecule has 0 radical (unpaired) electrons. The smallest absolute Gasteiger partial charge is 0.230 e. The summed E-state index contributed by atoms with van der Waals surface area (Å²) in [6.07, 6.45) is 9.17. The van der Waals surface area contributed by atoms with E-state index in [9.17, 15) is 9.59 Å². The van der Waals surface area contributed by atoms with E-state index in [1.54, 1.807) is 24.5 Å². The highest BCUT2D eigenvalue weighted by Gasteiger charge is 2.13. The van der Waals surface area contributed by atoms with E-state index in [1.807, 2.05) is 30.3 Å². The van der Waals surface area contributed by atoms with Gasteiger partial charge in [-0.1, -0.05) is 47.7 Å². The average Bonchev–Trinajstić information content (AvgIpc) is 3.38. The summed E-state index contributed by atoms with van der Waals surface area (Å²) in [7, 11) is 0. The second-order valence-corrected chi connectivity index (χ2v) is 9.53. The summed E-state index contributed by atoms with van der Waals surface area (Å²) in [6.45, 7) is 0. The zero-order chi connectivity index (χ0) is 25.0. The van der Waals surface area contributed by atoms with Gasteiger partial charge in [-0.2, -0.15) is 5.10 Å². The highest BCUT2D eigenvalue weighted by Crippen LogP contribution is 2.17. The Kier molecular flexibility index (Phi) is 9.32. The number of aryl methyl sites for hydroxylation is 3. The highest BCUT2D eigenvalue weighted by molar-refractivity contribution is 7.13. The third-order valence-corrected chi connectivity index (χ3v) is 6.59. The SMILES string of the molecule is O=C(Cc1cccnc1)Nc1ccc(CCCCc2nnc(C(=O)CCCc3ccccc3)s2)nn1. The van der Waals surface area contributed by atoms with E-state index in [1.165, 1.54) is 16.9 Å². The van der Waals surface area contributed by atoms with Crippen LogP contribution in [0.4, 0.5) is 5.82 Å². The molecular formula is C27H28N6O2S. The summed E-state index contributed by atoms with van der Waals surface area (Å²) in [4.78, 5) is 28.6. The first-order valence-electron chi connectivity index (χ1n) is 12.1. The lowest BCUT2D eigenvalue weighted by molar-refractivity contribution is -0.115. The maximum atomic E-state index is 12.4. The first kappa shape index (κ1) is 25.2. The van der Waals surface area contributed by atoms with Crippen LogP contribution in [0.25, 0.3) is 0 Å². The number of nitrogens with one attached hydrogen (secondary N) is 1. The minimum absolute atomic E-state index is 0.0672. The van der Waals surface area contributed by atoms with Crippen LogP contribution in [0.3, 0.4) is 0 Å². The summed E-state index contributed by atoms with van der Waals surface area (Å²) < 4.78 is 0. The number of hydrogen-bond donors (Lipinski definition) is 1. The molecule has 4 aromatic rings. The van der Waals surface area contributed by atoms with Gasteiger partial charge in [0.1, 0.15) is 5.01 Å². The second kappa shape index (κ2) is 13.3. The summed E-state index contributed by atoms with van der Waals surface area (Å²) in [5.41, 5.74) is 2.95. The Morgan fingerprint density at radius 1 is 0.778 bits per heavy atom. The van der Waals surface area contributed by atoms with E-state index < -0.39 is 0 Å². The molecule has 0 aliphatic carbocycles. The van der Waals surface area contributed by atoms with Gasteiger partial charge in [0.25, 0.3) is 0 Å². The number of pyridine rings is 1. The molecule has 8 nitrogen and oxygen atoms in total. The van der Waals surface area contributed by atoms with Gasteiger partial charge in [0, 0.05) is 25.2 Å². The molecule has 0 saturated heterocycles. The normalized spacial score (nSPS) is 10.8. The van der Waals surface area contributed by atoms with Crippen LogP contribution in [-0.4, -0.2) is 37.1 Å². The maximum absolute atomic E-state index is 12.4. The van der Waals surface area contributed by atoms with Crippen LogP contribution in [-0.2, 0) is 30.5 Å². The van der Waals surface area contributed by atoms with Crippen molar-refractivity contribution in [3.8, 4) is 0 Å². The fourth-order valence-electron chi connectivity index (χ4n) is 3.69. The van der Waals surface area contributed by atoms with Gasteiger partial charge in [0.15, 0.2) is 16.6 Å². The minimum atomic E-state index is -0.156. The third kappa shape index (κ3) is 8.13. The fraction of sp³-hybridized carbons (Fsp3) is 0.296. The first-order chi connectivity index (χ1) is 17.7. The van der Waals surface area contributed by atoms with Crippen molar-refractivity contribution in [2.24, 2.45) is 0 Å². The van der Waals surface area contributed by atoms with Gasteiger partial charge < -0.3 is 5.32 Å². The molecule has 0 bridgehead atoms. The number of anilines is 1. The van der Waals surface area contributed by atoms with Gasteiger partial charge in [0.05, 0.1) is 12.1 Å². The molecule has 0 saturated carbocycles. The van der Waals surface area contributed by atoms with Gasteiger partial charge in [-0.15, -0.1) is 15.3 Å². The largest absolute Gasteiger partial charge is 0.309 e. The van der Waals surface area contributed by atoms with E-state index in [0.717, 1.165) is 54.8 Å². The summed E-state index contributed by atoms with van der Waals surface area (Å²) in [5, 5.41) is 20.8. The average molecular weight is 501 g/mol. The van der Waals surface area contributed by atoms with E-state index in [-0.39, 0.29) is 18.1 Å². The Labute approximate surface area is 214 Å². The monoisotopic (exact) mass is 500 g/mol. The molecular weight excluding hydrogens is 472 g/mol. The van der Waals surface area contributed by atoms with E-state index >= 15 is 0 Å². The topological polar surface area (TPSA) is 111 Å². The molecule has 36 heavy (non-hydrogen) atoms. The predicted molar refractivity (Wildman–Crippen MR) is 139 cm³/mol. The summed E-state index contributed by atoms with van der Waals surface area (Å²) in [5.74, 6) is 0.344. The molecule has 1 aromatic carbocycles. The zero-order valence-electron chi connectivity index (χ0n) is 20.0. The molecule has 3 heterocycles. The van der Waals surface area contributed by atoms with E-state index in [0.29, 0.717) is 17.2 Å². The molecule has 0 aliphatic heterocycles. The highest BCUT2D eigenvalue weighted by atomic mass is 32.1. The Bertz CT molecular complexity index is 1250. The number of ketones is 1. The minimum Gasteiger partial charge on any atom is -0.309 e. The van der Waals surface area contributed by atoms with E-state index in [4.69, 9.17) is 0 Å². The maximum Gasteiger partial charge on any atom is 0.230 e. The van der Waals surface area contributed by atoms with Gasteiger partial charge in [0.2, 0.25) is 5.91 Å². The van der Waals surface area contributed by atoms with Gasteiger partial charge in [-0.3, -0.25) is 14.6 Å². The Balaban J connectivity index is 1.13. The Morgan fingerprint density at radius 2 is 1.61 bits per heavy atom. The number of unbranched alkanes of at least 4 members (excludes halogenated alkanes) is 1. The van der Waals surface area contributed by atoms with Crippen LogP contribution < -0.4 is 5.32 Å². The Morgan fingerprint density at radius 3 is 2.39 bits per heavy atom. The second-order valence-electron chi connectivity index (χ2n) is 8.47. The van der Waals surface area contributed by atoms with Crippen molar-refractivity contribution >= 4 is 28.8 Å². The van der Waals surface area contributed by atoms with Crippen LogP contribution >= 0.6 is 11.3 Å². The number of rotatable bonds is 13. The van der Waals surface area contributed by atoms with Crippen molar-refractivity contribution in [1.29, 1.82) is 0 Å². The molecule has 0 atom stereocenters. The standard InChI is InChI=1S/C27H28N6O2S/c34-23(13-6-10-20-8-2-1-3-9-20)27-33-32-26(36-27)14-5-4-12-22-15-16-24(31-30-22)29-25(35)18-21-11-7-17-28-19-21/h1-3,7-9,11,15-17,19H,4-6,10,12-14,18H2,(H,29,31,35). The van der Waals surface area contributed by atoms with Crippen molar-refractivity contribution in [3.63, 3.8) is 0 Å². The quantitative estimate of drug-likeness (QED) is 0.210. The number of Topliss-reactive ketones (excluding diaryl/α,β-unsaturated/α-hetero) is 1. The van der Waals surface area contributed by atoms with Crippen LogP contribution in [0.5, 0.6) is 0 Å². The molecule has 4 rings (SSSR count). The zero-order valence-corrected chi connectivity index (χ0v) is 20.8. The summed E-state index contributed by atoms with van der Waals surface area (Å²) >= 11 is 1.40. The fourth-order valence-corrected chi connectivity index (χ4v) is 4.54. The number of carbonyl (C=O) groups excluding carboxylic acids is 2. The van der Waals surface area contributed by atoms with Gasteiger partial charge in [-0.05, 0) is 61.4 Å². The number of benzene rings is 1. The molecule has 184 valence electrons.